The molecule has 4 nitrogen and oxygen atoms in total. The standard InChI is InChI=1S/C12H20O4/c1-11(10(15)16)4-6-12(7-5-11)8(13)2-3-9(12)14/h8-9,13-14H,2-7H2,1H3,(H,15,16). The molecule has 2 atom stereocenters. The van der Waals surface area contributed by atoms with E-state index in [2.05, 4.69) is 0 Å². The van der Waals surface area contributed by atoms with Gasteiger partial charge in [-0.05, 0) is 45.4 Å². The number of carbonyl (C=O) groups is 1. The Bertz CT molecular complexity index is 279. The summed E-state index contributed by atoms with van der Waals surface area (Å²) in [6.45, 7) is 1.76. The summed E-state index contributed by atoms with van der Waals surface area (Å²) < 4.78 is 0. The highest BCUT2D eigenvalue weighted by Crippen LogP contribution is 2.53. The Morgan fingerprint density at radius 1 is 1.06 bits per heavy atom. The van der Waals surface area contributed by atoms with E-state index in [0.717, 1.165) is 0 Å². The third-order valence-corrected chi connectivity index (χ3v) is 4.84. The van der Waals surface area contributed by atoms with Gasteiger partial charge < -0.3 is 15.3 Å². The van der Waals surface area contributed by atoms with Crippen molar-refractivity contribution in [3.05, 3.63) is 0 Å². The fourth-order valence-corrected chi connectivity index (χ4v) is 3.26. The molecule has 0 amide bonds. The summed E-state index contributed by atoms with van der Waals surface area (Å²) in [5.41, 5.74) is -1.09. The molecule has 0 aromatic carbocycles. The second-order valence-electron chi connectivity index (χ2n) is 5.71. The van der Waals surface area contributed by atoms with Gasteiger partial charge >= 0.3 is 5.97 Å². The maximum absolute atomic E-state index is 11.1. The summed E-state index contributed by atoms with van der Waals surface area (Å²) >= 11 is 0. The van der Waals surface area contributed by atoms with Gasteiger partial charge in [-0.3, -0.25) is 4.79 Å². The Balaban J connectivity index is 2.12. The van der Waals surface area contributed by atoms with Gasteiger partial charge in [-0.1, -0.05) is 0 Å². The van der Waals surface area contributed by atoms with Gasteiger partial charge in [0.2, 0.25) is 0 Å². The van der Waals surface area contributed by atoms with E-state index in [1.807, 2.05) is 0 Å². The number of aliphatic hydroxyl groups is 2. The summed E-state index contributed by atoms with van der Waals surface area (Å²) in [5, 5.41) is 29.1. The minimum Gasteiger partial charge on any atom is -0.481 e. The van der Waals surface area contributed by atoms with Crippen molar-refractivity contribution in [1.29, 1.82) is 0 Å². The number of hydrogen-bond donors (Lipinski definition) is 3. The van der Waals surface area contributed by atoms with Crippen LogP contribution in [0.3, 0.4) is 0 Å². The van der Waals surface area contributed by atoms with Gasteiger partial charge in [-0.25, -0.2) is 0 Å². The highest BCUT2D eigenvalue weighted by Gasteiger charge is 2.53. The Kier molecular flexibility index (Phi) is 2.75. The lowest BCUT2D eigenvalue weighted by Gasteiger charge is -2.44. The molecule has 0 aromatic heterocycles. The van der Waals surface area contributed by atoms with Crippen molar-refractivity contribution >= 4 is 5.97 Å². The van der Waals surface area contributed by atoms with Crippen LogP contribution in [-0.4, -0.2) is 33.5 Å². The first-order valence-corrected chi connectivity index (χ1v) is 6.00. The van der Waals surface area contributed by atoms with Crippen molar-refractivity contribution in [1.82, 2.24) is 0 Å². The number of hydrogen-bond acceptors (Lipinski definition) is 3. The lowest BCUT2D eigenvalue weighted by molar-refractivity contribution is -0.155. The number of rotatable bonds is 1. The number of carboxylic acids is 1. The van der Waals surface area contributed by atoms with E-state index in [9.17, 15) is 15.0 Å². The molecule has 2 saturated carbocycles. The molecular weight excluding hydrogens is 208 g/mol. The van der Waals surface area contributed by atoms with E-state index < -0.39 is 29.0 Å². The van der Waals surface area contributed by atoms with Crippen molar-refractivity contribution in [2.75, 3.05) is 0 Å². The van der Waals surface area contributed by atoms with E-state index in [0.29, 0.717) is 38.5 Å². The van der Waals surface area contributed by atoms with Crippen LogP contribution in [0.4, 0.5) is 0 Å². The molecule has 3 N–H and O–H groups in total. The summed E-state index contributed by atoms with van der Waals surface area (Å²) in [4.78, 5) is 11.1. The molecule has 16 heavy (non-hydrogen) atoms. The van der Waals surface area contributed by atoms with Gasteiger partial charge in [0.15, 0.2) is 0 Å². The van der Waals surface area contributed by atoms with Gasteiger partial charge in [0.1, 0.15) is 0 Å². The second-order valence-corrected chi connectivity index (χ2v) is 5.71. The Morgan fingerprint density at radius 3 is 1.88 bits per heavy atom. The van der Waals surface area contributed by atoms with Crippen LogP contribution < -0.4 is 0 Å². The van der Waals surface area contributed by atoms with Crippen LogP contribution in [0, 0.1) is 10.8 Å². The number of carboxylic acid groups (broad SMARTS) is 1. The van der Waals surface area contributed by atoms with Crippen molar-refractivity contribution < 1.29 is 20.1 Å². The van der Waals surface area contributed by atoms with Gasteiger partial charge in [0.05, 0.1) is 17.6 Å². The van der Waals surface area contributed by atoms with Gasteiger partial charge in [0.25, 0.3) is 0 Å². The van der Waals surface area contributed by atoms with Crippen molar-refractivity contribution in [2.45, 2.75) is 57.7 Å². The molecular formula is C12H20O4. The average molecular weight is 228 g/mol. The molecule has 0 bridgehead atoms. The minimum absolute atomic E-state index is 0.422. The first-order valence-electron chi connectivity index (χ1n) is 6.00. The normalized spacial score (nSPS) is 48.4. The predicted molar refractivity (Wildman–Crippen MR) is 57.9 cm³/mol. The van der Waals surface area contributed by atoms with E-state index in [1.165, 1.54) is 0 Å². The lowest BCUT2D eigenvalue weighted by Crippen LogP contribution is -2.46. The zero-order valence-electron chi connectivity index (χ0n) is 9.65. The molecule has 2 aliphatic rings. The number of aliphatic carboxylic acids is 1. The molecule has 0 saturated heterocycles. The summed E-state index contributed by atoms with van der Waals surface area (Å²) in [5.74, 6) is -0.760. The molecule has 92 valence electrons. The molecule has 2 fully saturated rings. The molecule has 0 heterocycles. The molecule has 2 aliphatic carbocycles. The van der Waals surface area contributed by atoms with E-state index in [1.54, 1.807) is 6.92 Å². The van der Waals surface area contributed by atoms with Crippen molar-refractivity contribution in [2.24, 2.45) is 10.8 Å². The van der Waals surface area contributed by atoms with E-state index in [4.69, 9.17) is 5.11 Å². The van der Waals surface area contributed by atoms with Crippen LogP contribution in [0.15, 0.2) is 0 Å². The van der Waals surface area contributed by atoms with E-state index >= 15 is 0 Å². The Morgan fingerprint density at radius 2 is 1.50 bits per heavy atom. The van der Waals surface area contributed by atoms with Crippen LogP contribution in [-0.2, 0) is 4.79 Å². The first kappa shape index (κ1) is 11.9. The zero-order valence-corrected chi connectivity index (χ0v) is 9.65. The van der Waals surface area contributed by atoms with Crippen LogP contribution in [0.2, 0.25) is 0 Å². The highest BCUT2D eigenvalue weighted by atomic mass is 16.4. The number of aliphatic hydroxyl groups excluding tert-OH is 2. The van der Waals surface area contributed by atoms with Crippen LogP contribution in [0.5, 0.6) is 0 Å². The topological polar surface area (TPSA) is 77.8 Å². The summed E-state index contributed by atoms with van der Waals surface area (Å²) in [6.07, 6.45) is 2.72. The quantitative estimate of drug-likeness (QED) is 0.629. The first-order chi connectivity index (χ1) is 7.41. The fourth-order valence-electron chi connectivity index (χ4n) is 3.26. The third kappa shape index (κ3) is 1.55. The highest BCUT2D eigenvalue weighted by molar-refractivity contribution is 5.74. The van der Waals surface area contributed by atoms with Crippen molar-refractivity contribution in [3.63, 3.8) is 0 Å². The molecule has 0 aromatic rings. The summed E-state index contributed by atoms with van der Waals surface area (Å²) in [7, 11) is 0. The second kappa shape index (κ2) is 3.70. The molecule has 4 heteroatoms. The van der Waals surface area contributed by atoms with Crippen LogP contribution in [0.25, 0.3) is 0 Å². The lowest BCUT2D eigenvalue weighted by atomic mass is 9.62. The largest absolute Gasteiger partial charge is 0.481 e. The fraction of sp³-hybridized carbons (Fsp3) is 0.917. The zero-order chi connectivity index (χ0) is 12.0. The van der Waals surface area contributed by atoms with Gasteiger partial charge in [-0.15, -0.1) is 0 Å². The maximum Gasteiger partial charge on any atom is 0.309 e. The summed E-state index contributed by atoms with van der Waals surface area (Å²) in [6, 6.07) is 0. The van der Waals surface area contributed by atoms with Gasteiger partial charge in [-0.2, -0.15) is 0 Å². The van der Waals surface area contributed by atoms with Crippen LogP contribution in [0.1, 0.15) is 45.4 Å². The molecule has 2 rings (SSSR count). The third-order valence-electron chi connectivity index (χ3n) is 4.84. The monoisotopic (exact) mass is 228 g/mol. The predicted octanol–water partition coefficient (Wildman–Crippen LogP) is 1.15. The Hall–Kier alpha value is -0.610. The molecule has 0 radical (unpaired) electrons. The molecule has 1 spiro atoms. The SMILES string of the molecule is CC1(C(=O)O)CCC2(CC1)C(O)CCC2O. The van der Waals surface area contributed by atoms with Gasteiger partial charge in [0, 0.05) is 5.41 Å². The van der Waals surface area contributed by atoms with Crippen molar-refractivity contribution in [3.8, 4) is 0 Å². The minimum atomic E-state index is -0.760. The average Bonchev–Trinajstić information content (AvgIpc) is 2.51. The molecule has 2 unspecified atom stereocenters. The Labute approximate surface area is 95.3 Å². The smallest absolute Gasteiger partial charge is 0.309 e. The van der Waals surface area contributed by atoms with E-state index in [-0.39, 0.29) is 0 Å². The molecule has 0 aliphatic heterocycles. The maximum atomic E-state index is 11.1. The van der Waals surface area contributed by atoms with Crippen LogP contribution >= 0.6 is 0 Å².